The molecule has 1 rings (SSSR count). The van der Waals surface area contributed by atoms with Gasteiger partial charge in [-0.05, 0) is 6.42 Å². The van der Waals surface area contributed by atoms with E-state index < -0.39 is 5.97 Å². The molecule has 0 radical (unpaired) electrons. The highest BCUT2D eigenvalue weighted by Crippen LogP contribution is 2.14. The molecule has 0 aromatic heterocycles. The van der Waals surface area contributed by atoms with Crippen molar-refractivity contribution in [3.63, 3.8) is 0 Å². The van der Waals surface area contributed by atoms with Crippen LogP contribution in [-0.4, -0.2) is 11.9 Å². The molecular weight excluding hydrogens is 120 g/mol. The summed E-state index contributed by atoms with van der Waals surface area (Å²) >= 11 is 0. The molecule has 3 nitrogen and oxygen atoms in total. The van der Waals surface area contributed by atoms with Gasteiger partial charge in [0.1, 0.15) is 0 Å². The predicted octanol–water partition coefficient (Wildman–Crippen LogP) is 0.486. The fourth-order valence-electron chi connectivity index (χ4n) is 0.716. The third-order valence-electron chi connectivity index (χ3n) is 1.40. The summed E-state index contributed by atoms with van der Waals surface area (Å²) in [6.45, 7) is 1.76. The minimum Gasteiger partial charge on any atom is -0.393 e. The minimum absolute atomic E-state index is 0.0947. The van der Waals surface area contributed by atoms with Crippen LogP contribution in [0.5, 0.6) is 0 Å². The molecule has 1 atom stereocenters. The van der Waals surface area contributed by atoms with Gasteiger partial charge in [0.05, 0.1) is 5.92 Å². The van der Waals surface area contributed by atoms with E-state index >= 15 is 0 Å². The molecular formula is C6H8O3. The highest BCUT2D eigenvalue weighted by atomic mass is 16.6. The average Bonchev–Trinajstić information content (AvgIpc) is 1.80. The molecule has 0 aliphatic carbocycles. The maximum Gasteiger partial charge on any atom is 0.316 e. The molecule has 1 aliphatic rings. The van der Waals surface area contributed by atoms with Gasteiger partial charge in [-0.2, -0.15) is 0 Å². The van der Waals surface area contributed by atoms with Crippen LogP contribution in [0.25, 0.3) is 0 Å². The molecule has 0 unspecified atom stereocenters. The second kappa shape index (κ2) is 2.17. The van der Waals surface area contributed by atoms with Gasteiger partial charge in [0.25, 0.3) is 0 Å². The number of esters is 2. The van der Waals surface area contributed by atoms with Gasteiger partial charge < -0.3 is 4.74 Å². The molecule has 0 amide bonds. The Morgan fingerprint density at radius 3 is 2.67 bits per heavy atom. The number of cyclic esters (lactones) is 2. The first-order valence-corrected chi connectivity index (χ1v) is 2.94. The zero-order valence-electron chi connectivity index (χ0n) is 5.22. The SMILES string of the molecule is C[C@H]1CCC(=O)OC1=O. The van der Waals surface area contributed by atoms with Gasteiger partial charge in [0, 0.05) is 6.42 Å². The van der Waals surface area contributed by atoms with E-state index in [1.807, 2.05) is 0 Å². The first kappa shape index (κ1) is 6.26. The van der Waals surface area contributed by atoms with Crippen LogP contribution in [0, 0.1) is 5.92 Å². The zero-order chi connectivity index (χ0) is 6.85. The van der Waals surface area contributed by atoms with Gasteiger partial charge in [0.2, 0.25) is 0 Å². The van der Waals surface area contributed by atoms with E-state index in [-0.39, 0.29) is 11.9 Å². The first-order valence-electron chi connectivity index (χ1n) is 2.94. The Morgan fingerprint density at radius 2 is 2.22 bits per heavy atom. The lowest BCUT2D eigenvalue weighted by Crippen LogP contribution is -2.25. The quantitative estimate of drug-likeness (QED) is 0.352. The molecule has 9 heavy (non-hydrogen) atoms. The fourth-order valence-corrected chi connectivity index (χ4v) is 0.716. The van der Waals surface area contributed by atoms with Crippen molar-refractivity contribution in [2.75, 3.05) is 0 Å². The highest BCUT2D eigenvalue weighted by Gasteiger charge is 2.24. The van der Waals surface area contributed by atoms with Gasteiger partial charge in [0.15, 0.2) is 0 Å². The maximum absolute atomic E-state index is 10.6. The summed E-state index contributed by atoms with van der Waals surface area (Å²) in [5, 5.41) is 0. The van der Waals surface area contributed by atoms with Gasteiger partial charge in [-0.1, -0.05) is 6.92 Å². The predicted molar refractivity (Wildman–Crippen MR) is 29.5 cm³/mol. The van der Waals surface area contributed by atoms with Crippen LogP contribution in [0.3, 0.4) is 0 Å². The Hall–Kier alpha value is -0.860. The molecule has 1 heterocycles. The molecule has 0 N–H and O–H groups in total. The summed E-state index contributed by atoms with van der Waals surface area (Å²) in [6, 6.07) is 0. The van der Waals surface area contributed by atoms with Crippen LogP contribution < -0.4 is 0 Å². The van der Waals surface area contributed by atoms with Crippen LogP contribution in [0.1, 0.15) is 19.8 Å². The van der Waals surface area contributed by atoms with Crippen molar-refractivity contribution >= 4 is 11.9 Å². The largest absolute Gasteiger partial charge is 0.393 e. The molecule has 0 saturated carbocycles. The Labute approximate surface area is 53.0 Å². The van der Waals surface area contributed by atoms with Crippen molar-refractivity contribution in [2.45, 2.75) is 19.8 Å². The van der Waals surface area contributed by atoms with E-state index in [1.165, 1.54) is 0 Å². The van der Waals surface area contributed by atoms with Gasteiger partial charge in [-0.15, -0.1) is 0 Å². The summed E-state index contributed by atoms with van der Waals surface area (Å²) in [6.07, 6.45) is 1.02. The first-order chi connectivity index (χ1) is 4.20. The lowest BCUT2D eigenvalue weighted by atomic mass is 10.0. The van der Waals surface area contributed by atoms with Crippen molar-refractivity contribution in [1.82, 2.24) is 0 Å². The normalized spacial score (nSPS) is 27.9. The summed E-state index contributed by atoms with van der Waals surface area (Å²) in [7, 11) is 0. The average molecular weight is 128 g/mol. The highest BCUT2D eigenvalue weighted by molar-refractivity contribution is 5.89. The monoisotopic (exact) mass is 128 g/mol. The molecule has 1 aliphatic heterocycles. The number of hydrogen-bond acceptors (Lipinski definition) is 3. The van der Waals surface area contributed by atoms with Crippen molar-refractivity contribution < 1.29 is 14.3 Å². The molecule has 0 bridgehead atoms. The van der Waals surface area contributed by atoms with Crippen molar-refractivity contribution in [3.8, 4) is 0 Å². The molecule has 0 aromatic rings. The summed E-state index contributed by atoms with van der Waals surface area (Å²) in [5.74, 6) is -0.868. The van der Waals surface area contributed by atoms with Gasteiger partial charge in [-0.25, -0.2) is 0 Å². The summed E-state index contributed by atoms with van der Waals surface area (Å²) in [4.78, 5) is 20.9. The molecule has 1 fully saturated rings. The zero-order valence-corrected chi connectivity index (χ0v) is 5.22. The summed E-state index contributed by atoms with van der Waals surface area (Å²) < 4.78 is 4.32. The van der Waals surface area contributed by atoms with Crippen LogP contribution in [0.15, 0.2) is 0 Å². The number of ether oxygens (including phenoxy) is 1. The van der Waals surface area contributed by atoms with E-state index in [9.17, 15) is 9.59 Å². The topological polar surface area (TPSA) is 43.4 Å². The lowest BCUT2D eigenvalue weighted by molar-refractivity contribution is -0.166. The van der Waals surface area contributed by atoms with E-state index in [1.54, 1.807) is 6.92 Å². The van der Waals surface area contributed by atoms with Crippen LogP contribution >= 0.6 is 0 Å². The molecule has 0 aromatic carbocycles. The van der Waals surface area contributed by atoms with E-state index in [0.29, 0.717) is 12.8 Å². The van der Waals surface area contributed by atoms with Crippen LogP contribution in [-0.2, 0) is 14.3 Å². The van der Waals surface area contributed by atoms with Gasteiger partial charge in [-0.3, -0.25) is 9.59 Å². The Balaban J connectivity index is 2.54. The van der Waals surface area contributed by atoms with Crippen LogP contribution in [0.2, 0.25) is 0 Å². The number of carbonyl (C=O) groups is 2. The number of hydrogen-bond donors (Lipinski definition) is 0. The number of carbonyl (C=O) groups excluding carboxylic acids is 2. The Morgan fingerprint density at radius 1 is 1.56 bits per heavy atom. The maximum atomic E-state index is 10.6. The summed E-state index contributed by atoms with van der Waals surface area (Å²) in [5.41, 5.74) is 0. The van der Waals surface area contributed by atoms with Crippen molar-refractivity contribution in [3.05, 3.63) is 0 Å². The van der Waals surface area contributed by atoms with E-state index in [0.717, 1.165) is 0 Å². The minimum atomic E-state index is -0.391. The van der Waals surface area contributed by atoms with Gasteiger partial charge >= 0.3 is 11.9 Å². The molecule has 1 saturated heterocycles. The second-order valence-corrected chi connectivity index (χ2v) is 2.23. The standard InChI is InChI=1S/C6H8O3/c1-4-2-3-5(7)9-6(4)8/h4H,2-3H2,1H3/t4-/m0/s1. The smallest absolute Gasteiger partial charge is 0.316 e. The second-order valence-electron chi connectivity index (χ2n) is 2.23. The van der Waals surface area contributed by atoms with Crippen LogP contribution in [0.4, 0.5) is 0 Å². The van der Waals surface area contributed by atoms with Crippen molar-refractivity contribution in [1.29, 1.82) is 0 Å². The van der Waals surface area contributed by atoms with Crippen molar-refractivity contribution in [2.24, 2.45) is 5.92 Å². The molecule has 3 heteroatoms. The third kappa shape index (κ3) is 1.28. The lowest BCUT2D eigenvalue weighted by Gasteiger charge is -2.14. The number of rotatable bonds is 0. The molecule has 50 valence electrons. The molecule has 0 spiro atoms. The fraction of sp³-hybridized carbons (Fsp3) is 0.667. The van der Waals surface area contributed by atoms with E-state index in [2.05, 4.69) is 4.74 Å². The Bertz CT molecular complexity index is 150. The third-order valence-corrected chi connectivity index (χ3v) is 1.40. The Kier molecular flexibility index (Phi) is 1.51. The van der Waals surface area contributed by atoms with E-state index in [4.69, 9.17) is 0 Å².